The lowest BCUT2D eigenvalue weighted by Crippen LogP contribution is -2.06. The Balaban J connectivity index is 1.75. The van der Waals surface area contributed by atoms with Crippen molar-refractivity contribution < 1.29 is 14.6 Å². The predicted octanol–water partition coefficient (Wildman–Crippen LogP) is 1.77. The third-order valence-corrected chi connectivity index (χ3v) is 3.36. The highest BCUT2D eigenvalue weighted by molar-refractivity contribution is 5.90. The lowest BCUT2D eigenvalue weighted by molar-refractivity contribution is 0.0696. The minimum atomic E-state index is -0.982. The van der Waals surface area contributed by atoms with Crippen molar-refractivity contribution >= 4 is 17.1 Å². The van der Waals surface area contributed by atoms with Gasteiger partial charge in [-0.2, -0.15) is 0 Å². The van der Waals surface area contributed by atoms with Gasteiger partial charge >= 0.3 is 5.97 Å². The first-order chi connectivity index (χ1) is 9.22. The molecule has 0 aliphatic carbocycles. The normalized spacial score (nSPS) is 19.1. The number of carbonyl (C=O) groups is 1. The second-order valence-electron chi connectivity index (χ2n) is 4.76. The van der Waals surface area contributed by atoms with Crippen LogP contribution in [0.3, 0.4) is 0 Å². The van der Waals surface area contributed by atoms with Crippen LogP contribution in [0.5, 0.6) is 0 Å². The van der Waals surface area contributed by atoms with Crippen LogP contribution in [0, 0.1) is 0 Å². The SMILES string of the molecule is O=C(O)c1cnc2nc(CCC3CCCO3)[nH]c2c1. The molecule has 0 radical (unpaired) electrons. The molecule has 2 aromatic rings. The quantitative estimate of drug-likeness (QED) is 0.875. The topological polar surface area (TPSA) is 88.1 Å². The van der Waals surface area contributed by atoms with Crippen molar-refractivity contribution in [3.8, 4) is 0 Å². The van der Waals surface area contributed by atoms with Crippen LogP contribution in [0.15, 0.2) is 12.3 Å². The smallest absolute Gasteiger partial charge is 0.337 e. The predicted molar refractivity (Wildman–Crippen MR) is 68.1 cm³/mol. The number of hydrogen-bond donors (Lipinski definition) is 2. The molecule has 19 heavy (non-hydrogen) atoms. The summed E-state index contributed by atoms with van der Waals surface area (Å²) >= 11 is 0. The molecular weight excluding hydrogens is 246 g/mol. The summed E-state index contributed by atoms with van der Waals surface area (Å²) in [6.07, 6.45) is 5.64. The molecule has 100 valence electrons. The van der Waals surface area contributed by atoms with Gasteiger partial charge in [-0.1, -0.05) is 0 Å². The minimum Gasteiger partial charge on any atom is -0.478 e. The summed E-state index contributed by atoms with van der Waals surface area (Å²) in [5.74, 6) is -0.148. The number of rotatable bonds is 4. The van der Waals surface area contributed by atoms with Gasteiger partial charge in [-0.3, -0.25) is 0 Å². The number of ether oxygens (including phenoxy) is 1. The Morgan fingerprint density at radius 1 is 1.58 bits per heavy atom. The lowest BCUT2D eigenvalue weighted by Gasteiger charge is -2.06. The first-order valence-electron chi connectivity index (χ1n) is 6.42. The third-order valence-electron chi connectivity index (χ3n) is 3.36. The summed E-state index contributed by atoms with van der Waals surface area (Å²) in [6.45, 7) is 0.855. The molecule has 1 saturated heterocycles. The standard InChI is InChI=1S/C13H15N3O3/c17-13(18)8-6-10-12(14-7-8)16-11(15-10)4-3-9-2-1-5-19-9/h6-7,9H,1-5H2,(H,17,18)(H,14,15,16). The van der Waals surface area contributed by atoms with Crippen LogP contribution in [0.25, 0.3) is 11.2 Å². The van der Waals surface area contributed by atoms with Crippen LogP contribution in [-0.2, 0) is 11.2 Å². The largest absolute Gasteiger partial charge is 0.478 e. The maximum Gasteiger partial charge on any atom is 0.337 e. The van der Waals surface area contributed by atoms with E-state index in [1.54, 1.807) is 6.07 Å². The van der Waals surface area contributed by atoms with Gasteiger partial charge < -0.3 is 14.8 Å². The molecule has 2 N–H and O–H groups in total. The van der Waals surface area contributed by atoms with Gasteiger partial charge in [0.2, 0.25) is 0 Å². The van der Waals surface area contributed by atoms with Gasteiger partial charge in [0.1, 0.15) is 5.82 Å². The Hall–Kier alpha value is -1.95. The Morgan fingerprint density at radius 2 is 2.47 bits per heavy atom. The number of H-pyrrole nitrogens is 1. The van der Waals surface area contributed by atoms with Crippen molar-refractivity contribution in [1.29, 1.82) is 0 Å². The number of nitrogens with one attached hydrogen (secondary N) is 1. The molecule has 0 spiro atoms. The van der Waals surface area contributed by atoms with Crippen molar-refractivity contribution in [2.75, 3.05) is 6.61 Å². The molecule has 3 heterocycles. The fraction of sp³-hybridized carbons (Fsp3) is 0.462. The second kappa shape index (κ2) is 4.97. The molecule has 1 aliphatic heterocycles. The zero-order valence-corrected chi connectivity index (χ0v) is 10.4. The number of aromatic amines is 1. The molecule has 1 fully saturated rings. The Bertz CT molecular complexity index is 602. The van der Waals surface area contributed by atoms with E-state index in [0.29, 0.717) is 17.3 Å². The zero-order valence-electron chi connectivity index (χ0n) is 10.4. The molecule has 0 saturated carbocycles. The third kappa shape index (κ3) is 2.58. The number of imidazole rings is 1. The molecule has 0 aromatic carbocycles. The fourth-order valence-corrected chi connectivity index (χ4v) is 2.35. The number of fused-ring (bicyclic) bond motifs is 1. The summed E-state index contributed by atoms with van der Waals surface area (Å²) < 4.78 is 5.56. The van der Waals surface area contributed by atoms with Crippen LogP contribution in [0.4, 0.5) is 0 Å². The van der Waals surface area contributed by atoms with Gasteiger partial charge in [0.25, 0.3) is 0 Å². The minimum absolute atomic E-state index is 0.168. The van der Waals surface area contributed by atoms with Gasteiger partial charge in [0.05, 0.1) is 17.2 Å². The van der Waals surface area contributed by atoms with Gasteiger partial charge in [0.15, 0.2) is 5.65 Å². The molecule has 1 aliphatic rings. The average molecular weight is 261 g/mol. The Kier molecular flexibility index (Phi) is 3.16. The first kappa shape index (κ1) is 12.1. The number of aromatic carboxylic acids is 1. The summed E-state index contributed by atoms with van der Waals surface area (Å²) in [6, 6.07) is 1.56. The average Bonchev–Trinajstić information content (AvgIpc) is 3.04. The maximum absolute atomic E-state index is 10.9. The highest BCUT2D eigenvalue weighted by Crippen LogP contribution is 2.18. The number of aromatic nitrogens is 3. The van der Waals surface area contributed by atoms with Crippen molar-refractivity contribution in [2.24, 2.45) is 0 Å². The van der Waals surface area contributed by atoms with Crippen LogP contribution in [0.1, 0.15) is 35.4 Å². The zero-order chi connectivity index (χ0) is 13.2. The van der Waals surface area contributed by atoms with E-state index < -0.39 is 5.97 Å². The van der Waals surface area contributed by atoms with E-state index in [9.17, 15) is 4.79 Å². The van der Waals surface area contributed by atoms with E-state index in [1.807, 2.05) is 0 Å². The number of aryl methyl sites for hydroxylation is 1. The molecule has 0 amide bonds. The lowest BCUT2D eigenvalue weighted by atomic mass is 10.1. The first-order valence-corrected chi connectivity index (χ1v) is 6.42. The summed E-state index contributed by atoms with van der Waals surface area (Å²) in [4.78, 5) is 22.4. The monoisotopic (exact) mass is 261 g/mol. The number of pyridine rings is 1. The maximum atomic E-state index is 10.9. The van der Waals surface area contributed by atoms with Crippen LogP contribution in [0.2, 0.25) is 0 Å². The summed E-state index contributed by atoms with van der Waals surface area (Å²) in [5, 5.41) is 8.91. The van der Waals surface area contributed by atoms with Crippen LogP contribution in [-0.4, -0.2) is 38.7 Å². The number of hydrogen-bond acceptors (Lipinski definition) is 4. The van der Waals surface area contributed by atoms with Crippen molar-refractivity contribution in [2.45, 2.75) is 31.8 Å². The van der Waals surface area contributed by atoms with Crippen LogP contribution < -0.4 is 0 Å². The molecule has 6 nitrogen and oxygen atoms in total. The summed E-state index contributed by atoms with van der Waals surface area (Å²) in [7, 11) is 0. The molecule has 1 atom stereocenters. The number of nitrogens with zero attached hydrogens (tertiary/aromatic N) is 2. The molecule has 2 aromatic heterocycles. The molecule has 6 heteroatoms. The van der Waals surface area contributed by atoms with Gasteiger partial charge in [0, 0.05) is 19.2 Å². The van der Waals surface area contributed by atoms with Crippen molar-refractivity contribution in [3.63, 3.8) is 0 Å². The van der Waals surface area contributed by atoms with Crippen molar-refractivity contribution in [3.05, 3.63) is 23.7 Å². The summed E-state index contributed by atoms with van der Waals surface area (Å²) in [5.41, 5.74) is 1.40. The molecule has 1 unspecified atom stereocenters. The van der Waals surface area contributed by atoms with E-state index in [2.05, 4.69) is 15.0 Å². The van der Waals surface area contributed by atoms with E-state index in [0.717, 1.165) is 38.1 Å². The van der Waals surface area contributed by atoms with Gasteiger partial charge in [-0.05, 0) is 25.3 Å². The molecule has 0 bridgehead atoms. The number of carboxylic acids is 1. The number of carboxylic acid groups (broad SMARTS) is 1. The van der Waals surface area contributed by atoms with Crippen LogP contribution >= 0.6 is 0 Å². The highest BCUT2D eigenvalue weighted by atomic mass is 16.5. The molecular formula is C13H15N3O3. The molecule has 3 rings (SSSR count). The Labute approximate surface area is 109 Å². The second-order valence-corrected chi connectivity index (χ2v) is 4.76. The highest BCUT2D eigenvalue weighted by Gasteiger charge is 2.16. The van der Waals surface area contributed by atoms with Gasteiger partial charge in [-0.15, -0.1) is 0 Å². The fourth-order valence-electron chi connectivity index (χ4n) is 2.35. The van der Waals surface area contributed by atoms with Crippen molar-refractivity contribution in [1.82, 2.24) is 15.0 Å². The van der Waals surface area contributed by atoms with Gasteiger partial charge in [-0.25, -0.2) is 14.8 Å². The van der Waals surface area contributed by atoms with E-state index in [4.69, 9.17) is 9.84 Å². The Morgan fingerprint density at radius 3 is 3.21 bits per heavy atom. The van der Waals surface area contributed by atoms with E-state index >= 15 is 0 Å². The van der Waals surface area contributed by atoms with E-state index in [-0.39, 0.29) is 5.56 Å². The van der Waals surface area contributed by atoms with E-state index in [1.165, 1.54) is 6.20 Å².